The molecule has 4 aliphatic carbocycles. The van der Waals surface area contributed by atoms with Gasteiger partial charge in [-0.1, -0.05) is 107 Å². The average Bonchev–Trinajstić information content (AvgIpc) is 3.55. The highest BCUT2D eigenvalue weighted by Crippen LogP contribution is 2.45. The first kappa shape index (κ1) is 33.4. The van der Waals surface area contributed by atoms with E-state index < -0.39 is 0 Å². The van der Waals surface area contributed by atoms with Gasteiger partial charge in [-0.15, -0.1) is 0 Å². The van der Waals surface area contributed by atoms with Gasteiger partial charge in [0.15, 0.2) is 11.6 Å². The van der Waals surface area contributed by atoms with E-state index in [1.807, 2.05) is 0 Å². The summed E-state index contributed by atoms with van der Waals surface area (Å²) in [6.07, 6.45) is 25.7. The third-order valence-electron chi connectivity index (χ3n) is 13.1. The average molecular weight is 621 g/mol. The molecule has 2 aromatic carbocycles. The quantitative estimate of drug-likeness (QED) is 0.106. The Morgan fingerprint density at radius 2 is 1.24 bits per heavy atom. The number of unbranched alkanes of at least 4 members (excludes halogenated alkanes) is 3. The van der Waals surface area contributed by atoms with Gasteiger partial charge in [0.1, 0.15) is 0 Å². The van der Waals surface area contributed by atoms with Crippen molar-refractivity contribution in [3.63, 3.8) is 0 Å². The Morgan fingerprint density at radius 1 is 0.630 bits per heavy atom. The molecule has 0 radical (unpaired) electrons. The minimum absolute atomic E-state index is 0.169. The zero-order valence-corrected chi connectivity index (χ0v) is 28.8. The molecular formula is C44H60O2. The van der Waals surface area contributed by atoms with Crippen LogP contribution >= 0.6 is 0 Å². The van der Waals surface area contributed by atoms with Crippen molar-refractivity contribution in [3.05, 3.63) is 83.4 Å². The van der Waals surface area contributed by atoms with Gasteiger partial charge in [0, 0.05) is 17.4 Å². The maximum absolute atomic E-state index is 13.5. The lowest BCUT2D eigenvalue weighted by Gasteiger charge is -2.36. The summed E-state index contributed by atoms with van der Waals surface area (Å²) < 4.78 is 0. The minimum Gasteiger partial charge on any atom is -0.295 e. The van der Waals surface area contributed by atoms with Gasteiger partial charge in [-0.25, -0.2) is 0 Å². The van der Waals surface area contributed by atoms with Crippen LogP contribution in [0.4, 0.5) is 0 Å². The third kappa shape index (κ3) is 8.14. The van der Waals surface area contributed by atoms with Crippen LogP contribution in [0.3, 0.4) is 0 Å². The van der Waals surface area contributed by atoms with Crippen LogP contribution < -0.4 is 0 Å². The Hall–Kier alpha value is -2.48. The molecule has 2 nitrogen and oxygen atoms in total. The van der Waals surface area contributed by atoms with Crippen molar-refractivity contribution in [3.8, 4) is 0 Å². The summed E-state index contributed by atoms with van der Waals surface area (Å²) in [5.41, 5.74) is 5.33. The molecule has 6 rings (SSSR count). The molecule has 0 saturated heterocycles. The monoisotopic (exact) mass is 620 g/mol. The summed E-state index contributed by atoms with van der Waals surface area (Å²) in [4.78, 5) is 25.3. The standard InChI is InChI=1S/C44H60O2/c1-3-9-31-12-14-33(15-13-31)34-16-18-35(19-17-34)39-24-25-40(30-39)44(46)38-22-20-36(21-23-38)41-28-32(29-41)10-7-5-6-8-11-37-26-27-42(37)43(45)4-2/h4,16-23,31-33,37,39-42H,2-3,5-15,24-30H2,1H3. The number of benzene rings is 2. The normalized spacial score (nSPS) is 30.7. The number of hydrogen-bond donors (Lipinski definition) is 0. The van der Waals surface area contributed by atoms with E-state index in [-0.39, 0.29) is 17.6 Å². The summed E-state index contributed by atoms with van der Waals surface area (Å²) in [6, 6.07) is 18.3. The molecule has 0 amide bonds. The van der Waals surface area contributed by atoms with Crippen molar-refractivity contribution in [2.24, 2.45) is 29.6 Å². The predicted octanol–water partition coefficient (Wildman–Crippen LogP) is 12.1. The van der Waals surface area contributed by atoms with Crippen LogP contribution in [0.25, 0.3) is 0 Å². The Balaban J connectivity index is 0.871. The van der Waals surface area contributed by atoms with E-state index in [0.717, 1.165) is 49.0 Å². The molecule has 0 spiro atoms. The molecule has 46 heavy (non-hydrogen) atoms. The lowest BCUT2D eigenvalue weighted by atomic mass is 9.69. The maximum Gasteiger partial charge on any atom is 0.165 e. The van der Waals surface area contributed by atoms with Gasteiger partial charge in [-0.2, -0.15) is 0 Å². The highest BCUT2D eigenvalue weighted by molar-refractivity contribution is 5.98. The van der Waals surface area contributed by atoms with Crippen molar-refractivity contribution < 1.29 is 9.59 Å². The fourth-order valence-electron chi connectivity index (χ4n) is 9.79. The number of allylic oxidation sites excluding steroid dienone is 1. The Morgan fingerprint density at radius 3 is 1.87 bits per heavy atom. The van der Waals surface area contributed by atoms with Gasteiger partial charge in [-0.3, -0.25) is 9.59 Å². The van der Waals surface area contributed by atoms with E-state index in [9.17, 15) is 9.59 Å². The lowest BCUT2D eigenvalue weighted by Crippen LogP contribution is -2.31. The molecule has 248 valence electrons. The largest absolute Gasteiger partial charge is 0.295 e. The Bertz CT molecular complexity index is 1270. The van der Waals surface area contributed by atoms with Gasteiger partial charge in [0.2, 0.25) is 0 Å². The Labute approximate surface area is 280 Å². The number of carbonyl (C=O) groups is 2. The third-order valence-corrected chi connectivity index (χ3v) is 13.1. The summed E-state index contributed by atoms with van der Waals surface area (Å²) in [5.74, 6) is 5.49. The molecule has 4 atom stereocenters. The second kappa shape index (κ2) is 16.1. The summed E-state index contributed by atoms with van der Waals surface area (Å²) in [6.45, 7) is 5.98. The van der Waals surface area contributed by atoms with E-state index in [1.54, 1.807) is 0 Å². The molecule has 4 fully saturated rings. The first-order valence-electron chi connectivity index (χ1n) is 19.4. The van der Waals surface area contributed by atoms with Gasteiger partial charge < -0.3 is 0 Å². The molecule has 2 heteroatoms. The molecule has 0 bridgehead atoms. The Kier molecular flexibility index (Phi) is 11.7. The van der Waals surface area contributed by atoms with Crippen molar-refractivity contribution in [1.82, 2.24) is 0 Å². The van der Waals surface area contributed by atoms with Crippen LogP contribution in [0.2, 0.25) is 0 Å². The first-order valence-corrected chi connectivity index (χ1v) is 19.4. The molecule has 0 heterocycles. The zero-order chi connectivity index (χ0) is 31.9. The van der Waals surface area contributed by atoms with Crippen LogP contribution in [0.15, 0.2) is 61.2 Å². The second-order valence-electron chi connectivity index (χ2n) is 15.9. The van der Waals surface area contributed by atoms with E-state index in [1.165, 1.54) is 119 Å². The summed E-state index contributed by atoms with van der Waals surface area (Å²) >= 11 is 0. The fraction of sp³-hybridized carbons (Fsp3) is 0.636. The number of carbonyl (C=O) groups excluding carboxylic acids is 2. The van der Waals surface area contributed by atoms with Crippen LogP contribution in [0.5, 0.6) is 0 Å². The number of hydrogen-bond acceptors (Lipinski definition) is 2. The molecule has 2 aromatic rings. The van der Waals surface area contributed by atoms with Crippen LogP contribution in [-0.2, 0) is 4.79 Å². The summed E-state index contributed by atoms with van der Waals surface area (Å²) in [7, 11) is 0. The van der Waals surface area contributed by atoms with Crippen molar-refractivity contribution in [1.29, 1.82) is 0 Å². The first-order chi connectivity index (χ1) is 22.5. The SMILES string of the molecule is C=CC(=O)C1CCC1CCCCCCC1CC(c2ccc(C(=O)C3CCC(c4ccc(C5CCC(CCC)CC5)cc4)C3)cc2)C1. The number of Topliss-reactive ketones (excluding diaryl/α,β-unsaturated/α-hetero) is 1. The fourth-order valence-corrected chi connectivity index (χ4v) is 9.79. The molecule has 4 aliphatic rings. The second-order valence-corrected chi connectivity index (χ2v) is 15.9. The van der Waals surface area contributed by atoms with E-state index in [2.05, 4.69) is 62.0 Å². The highest BCUT2D eigenvalue weighted by Gasteiger charge is 2.35. The molecule has 4 unspecified atom stereocenters. The zero-order valence-electron chi connectivity index (χ0n) is 28.8. The maximum atomic E-state index is 13.5. The number of ketones is 2. The van der Waals surface area contributed by atoms with Gasteiger partial charge in [0.25, 0.3) is 0 Å². The molecule has 0 N–H and O–H groups in total. The molecule has 4 saturated carbocycles. The van der Waals surface area contributed by atoms with Crippen LogP contribution in [-0.4, -0.2) is 11.6 Å². The van der Waals surface area contributed by atoms with Gasteiger partial charge >= 0.3 is 0 Å². The van der Waals surface area contributed by atoms with E-state index >= 15 is 0 Å². The molecule has 0 aromatic heterocycles. The van der Waals surface area contributed by atoms with E-state index in [0.29, 0.717) is 23.5 Å². The smallest absolute Gasteiger partial charge is 0.165 e. The predicted molar refractivity (Wildman–Crippen MR) is 191 cm³/mol. The number of rotatable bonds is 16. The molecule has 0 aliphatic heterocycles. The van der Waals surface area contributed by atoms with E-state index in [4.69, 9.17) is 0 Å². The van der Waals surface area contributed by atoms with Crippen molar-refractivity contribution in [2.45, 2.75) is 147 Å². The highest BCUT2D eigenvalue weighted by atomic mass is 16.1. The minimum atomic E-state index is 0.169. The molecular weight excluding hydrogens is 560 g/mol. The van der Waals surface area contributed by atoms with Gasteiger partial charge in [-0.05, 0) is 135 Å². The van der Waals surface area contributed by atoms with Crippen LogP contribution in [0.1, 0.15) is 174 Å². The van der Waals surface area contributed by atoms with Gasteiger partial charge in [0.05, 0.1) is 0 Å². The van der Waals surface area contributed by atoms with Crippen LogP contribution in [0, 0.1) is 29.6 Å². The lowest BCUT2D eigenvalue weighted by molar-refractivity contribution is -0.123. The van der Waals surface area contributed by atoms with Crippen molar-refractivity contribution >= 4 is 11.6 Å². The van der Waals surface area contributed by atoms with Crippen molar-refractivity contribution in [2.75, 3.05) is 0 Å². The topological polar surface area (TPSA) is 34.1 Å². The summed E-state index contributed by atoms with van der Waals surface area (Å²) in [5, 5.41) is 0.